The number of carbonyl (C=O) groups excluding carboxylic acids is 2. The average molecular weight is 270 g/mol. The van der Waals surface area contributed by atoms with Crippen LogP contribution in [0.4, 0.5) is 0 Å². The molecule has 0 unspecified atom stereocenters. The molecule has 1 rings (SSSR count). The highest BCUT2D eigenvalue weighted by molar-refractivity contribution is 5.65. The lowest BCUT2D eigenvalue weighted by Crippen LogP contribution is -1.88. The zero-order chi connectivity index (χ0) is 15.7. The molecule has 110 valence electrons. The summed E-state index contributed by atoms with van der Waals surface area (Å²) in [5, 5.41) is 0. The Labute approximate surface area is 116 Å². The fraction of sp³-hybridized carbons (Fsp3) is 0.467. The van der Waals surface area contributed by atoms with Gasteiger partial charge < -0.3 is 9.47 Å². The molecule has 0 radical (unpaired) electrons. The van der Waals surface area contributed by atoms with Crippen molar-refractivity contribution >= 4 is 11.9 Å². The van der Waals surface area contributed by atoms with Crippen LogP contribution in [0, 0.1) is 6.92 Å². The molecule has 0 saturated heterocycles. The predicted molar refractivity (Wildman–Crippen MR) is 77.9 cm³/mol. The van der Waals surface area contributed by atoms with Crippen LogP contribution in [0.1, 0.15) is 33.3 Å². The highest BCUT2D eigenvalue weighted by atomic mass is 16.5. The van der Waals surface area contributed by atoms with Crippen molar-refractivity contribution in [2.45, 2.75) is 34.6 Å². The number of hydrogen-bond donors (Lipinski definition) is 0. The Morgan fingerprint density at radius 3 is 1.21 bits per heavy atom. The van der Waals surface area contributed by atoms with Crippen molar-refractivity contribution in [3.8, 4) is 0 Å². The van der Waals surface area contributed by atoms with E-state index in [1.807, 2.05) is 32.0 Å². The average Bonchev–Trinajstić information content (AvgIpc) is 2.43. The summed E-state index contributed by atoms with van der Waals surface area (Å²) in [4.78, 5) is 19.2. The number of carbonyl (C=O) groups is 2. The van der Waals surface area contributed by atoms with Crippen molar-refractivity contribution in [3.63, 3.8) is 0 Å². The highest BCUT2D eigenvalue weighted by Gasteiger charge is 1.76. The van der Waals surface area contributed by atoms with E-state index in [-0.39, 0.29) is 11.9 Å². The van der Waals surface area contributed by atoms with Gasteiger partial charge in [0, 0.05) is 13.8 Å². The summed E-state index contributed by atoms with van der Waals surface area (Å²) in [5.41, 5.74) is 1.32. The van der Waals surface area contributed by atoms with Gasteiger partial charge in [0.15, 0.2) is 0 Å². The molecule has 4 nitrogen and oxygen atoms in total. The molecule has 0 saturated carbocycles. The lowest BCUT2D eigenvalue weighted by Gasteiger charge is -1.82. The Morgan fingerprint density at radius 2 is 1.11 bits per heavy atom. The molecular formula is C15H26O4. The summed E-state index contributed by atoms with van der Waals surface area (Å²) < 4.78 is 8.22. The SMILES string of the molecule is CC.COC(C)=O.COC(C)=O.Cc1ccccc1. The topological polar surface area (TPSA) is 52.6 Å². The molecule has 0 heterocycles. The van der Waals surface area contributed by atoms with Gasteiger partial charge in [-0.1, -0.05) is 49.7 Å². The first-order valence-corrected chi connectivity index (χ1v) is 6.04. The maximum Gasteiger partial charge on any atom is 0.302 e. The van der Waals surface area contributed by atoms with Gasteiger partial charge in [-0.3, -0.25) is 9.59 Å². The summed E-state index contributed by atoms with van der Waals surface area (Å²) in [6, 6.07) is 10.3. The lowest BCUT2D eigenvalue weighted by atomic mass is 10.2. The molecule has 0 aliphatic heterocycles. The van der Waals surface area contributed by atoms with E-state index in [9.17, 15) is 9.59 Å². The van der Waals surface area contributed by atoms with Crippen molar-refractivity contribution < 1.29 is 19.1 Å². The minimum atomic E-state index is -0.245. The molecule has 0 aromatic heterocycles. The van der Waals surface area contributed by atoms with Gasteiger partial charge in [-0.05, 0) is 6.92 Å². The molecule has 19 heavy (non-hydrogen) atoms. The number of ether oxygens (including phenoxy) is 2. The Hall–Kier alpha value is -1.84. The molecule has 0 fully saturated rings. The van der Waals surface area contributed by atoms with Crippen LogP contribution in [0.5, 0.6) is 0 Å². The number of methoxy groups -OCH3 is 2. The van der Waals surface area contributed by atoms with Crippen molar-refractivity contribution in [2.75, 3.05) is 14.2 Å². The Kier molecular flexibility index (Phi) is 21.8. The number of benzene rings is 1. The third kappa shape index (κ3) is 31.4. The summed E-state index contributed by atoms with van der Waals surface area (Å²) in [6.07, 6.45) is 0. The summed E-state index contributed by atoms with van der Waals surface area (Å²) in [5.74, 6) is -0.491. The molecule has 0 aliphatic carbocycles. The number of rotatable bonds is 0. The van der Waals surface area contributed by atoms with Crippen LogP contribution in [0.3, 0.4) is 0 Å². The summed E-state index contributed by atoms with van der Waals surface area (Å²) >= 11 is 0. The van der Waals surface area contributed by atoms with Crippen LogP contribution in [0.25, 0.3) is 0 Å². The zero-order valence-corrected chi connectivity index (χ0v) is 13.0. The third-order valence-electron chi connectivity index (χ3n) is 1.52. The smallest absolute Gasteiger partial charge is 0.302 e. The van der Waals surface area contributed by atoms with Gasteiger partial charge in [0.1, 0.15) is 0 Å². The van der Waals surface area contributed by atoms with Crippen LogP contribution in [-0.2, 0) is 19.1 Å². The first kappa shape index (κ1) is 22.3. The maximum absolute atomic E-state index is 9.59. The molecule has 0 spiro atoms. The molecule has 1 aromatic rings. The Balaban J connectivity index is -0.000000194. The van der Waals surface area contributed by atoms with Gasteiger partial charge in [0.25, 0.3) is 0 Å². The van der Waals surface area contributed by atoms with Crippen molar-refractivity contribution in [3.05, 3.63) is 35.9 Å². The van der Waals surface area contributed by atoms with Gasteiger partial charge in [-0.15, -0.1) is 0 Å². The first-order valence-electron chi connectivity index (χ1n) is 6.04. The number of hydrogen-bond acceptors (Lipinski definition) is 4. The highest BCUT2D eigenvalue weighted by Crippen LogP contribution is 1.92. The Morgan fingerprint density at radius 1 is 0.842 bits per heavy atom. The van der Waals surface area contributed by atoms with Crippen molar-refractivity contribution in [1.82, 2.24) is 0 Å². The summed E-state index contributed by atoms with van der Waals surface area (Å²) in [7, 11) is 2.70. The van der Waals surface area contributed by atoms with E-state index in [1.54, 1.807) is 0 Å². The van der Waals surface area contributed by atoms with E-state index in [2.05, 4.69) is 28.5 Å². The predicted octanol–water partition coefficient (Wildman–Crippen LogP) is 3.38. The summed E-state index contributed by atoms with van der Waals surface area (Å²) in [6.45, 7) is 8.81. The number of aryl methyl sites for hydroxylation is 1. The standard InChI is InChI=1S/C7H8.2C3H6O2.C2H6/c1-7-5-3-2-4-6-7;2*1-3(4)5-2;1-2/h2-6H,1H3;2*1-2H3;1-2H3. The van der Waals surface area contributed by atoms with E-state index >= 15 is 0 Å². The van der Waals surface area contributed by atoms with Crippen LogP contribution in [-0.4, -0.2) is 26.2 Å². The second-order valence-corrected chi connectivity index (χ2v) is 3.05. The van der Waals surface area contributed by atoms with Gasteiger partial charge in [-0.2, -0.15) is 0 Å². The van der Waals surface area contributed by atoms with Gasteiger partial charge in [0.2, 0.25) is 0 Å². The molecule has 0 bridgehead atoms. The fourth-order valence-electron chi connectivity index (χ4n) is 0.534. The normalized spacial score (nSPS) is 7.11. The first-order chi connectivity index (χ1) is 8.93. The van der Waals surface area contributed by atoms with Crippen molar-refractivity contribution in [1.29, 1.82) is 0 Å². The number of esters is 2. The molecule has 0 aliphatic rings. The van der Waals surface area contributed by atoms with E-state index < -0.39 is 0 Å². The third-order valence-corrected chi connectivity index (χ3v) is 1.52. The van der Waals surface area contributed by atoms with E-state index in [1.165, 1.54) is 33.6 Å². The lowest BCUT2D eigenvalue weighted by molar-refractivity contribution is -0.138. The van der Waals surface area contributed by atoms with Crippen LogP contribution >= 0.6 is 0 Å². The fourth-order valence-corrected chi connectivity index (χ4v) is 0.534. The second kappa shape index (κ2) is 18.5. The minimum absolute atomic E-state index is 0.245. The quantitative estimate of drug-likeness (QED) is 0.678. The van der Waals surface area contributed by atoms with Crippen LogP contribution < -0.4 is 0 Å². The van der Waals surface area contributed by atoms with Gasteiger partial charge in [-0.25, -0.2) is 0 Å². The molecule has 0 N–H and O–H groups in total. The Bertz CT molecular complexity index is 293. The monoisotopic (exact) mass is 270 g/mol. The molecule has 0 amide bonds. The zero-order valence-electron chi connectivity index (χ0n) is 13.0. The second-order valence-electron chi connectivity index (χ2n) is 3.05. The van der Waals surface area contributed by atoms with Crippen LogP contribution in [0.2, 0.25) is 0 Å². The maximum atomic E-state index is 9.59. The van der Waals surface area contributed by atoms with E-state index in [4.69, 9.17) is 0 Å². The largest absolute Gasteiger partial charge is 0.469 e. The molecule has 4 heteroatoms. The molecular weight excluding hydrogens is 244 g/mol. The molecule has 1 aromatic carbocycles. The molecule has 0 atom stereocenters. The van der Waals surface area contributed by atoms with Crippen molar-refractivity contribution in [2.24, 2.45) is 0 Å². The van der Waals surface area contributed by atoms with Gasteiger partial charge in [0.05, 0.1) is 14.2 Å². The van der Waals surface area contributed by atoms with E-state index in [0.717, 1.165) is 0 Å². The minimum Gasteiger partial charge on any atom is -0.469 e. The van der Waals surface area contributed by atoms with E-state index in [0.29, 0.717) is 0 Å². The van der Waals surface area contributed by atoms with Crippen LogP contribution in [0.15, 0.2) is 30.3 Å². The van der Waals surface area contributed by atoms with Gasteiger partial charge >= 0.3 is 11.9 Å².